The number of nitrogens with zero attached hydrogens (tertiary/aromatic N) is 3. The van der Waals surface area contributed by atoms with Crippen LogP contribution in [0.3, 0.4) is 0 Å². The number of fused-ring (bicyclic) bond motifs is 1. The Labute approximate surface area is 106 Å². The van der Waals surface area contributed by atoms with Crippen LogP contribution in [0.4, 0.5) is 0 Å². The van der Waals surface area contributed by atoms with Gasteiger partial charge in [0.2, 0.25) is 0 Å². The van der Waals surface area contributed by atoms with Crippen LogP contribution in [0.1, 0.15) is 44.1 Å². The number of hydrogen-bond donors (Lipinski definition) is 1. The van der Waals surface area contributed by atoms with Crippen LogP contribution in [-0.2, 0) is 0 Å². The quantitative estimate of drug-likeness (QED) is 0.902. The molecule has 0 bridgehead atoms. The molecule has 0 fully saturated rings. The maximum absolute atomic E-state index is 11.9. The van der Waals surface area contributed by atoms with E-state index < -0.39 is 0 Å². The van der Waals surface area contributed by atoms with Gasteiger partial charge in [0.1, 0.15) is 0 Å². The zero-order valence-electron chi connectivity index (χ0n) is 11.1. The summed E-state index contributed by atoms with van der Waals surface area (Å²) in [7, 11) is 0. The van der Waals surface area contributed by atoms with E-state index in [1.54, 1.807) is 12.4 Å². The Bertz CT molecular complexity index is 571. The van der Waals surface area contributed by atoms with E-state index in [1.807, 2.05) is 38.4 Å². The molecule has 96 valence electrons. The summed E-state index contributed by atoms with van der Waals surface area (Å²) in [5.74, 6) is -0.100. The van der Waals surface area contributed by atoms with E-state index in [0.717, 1.165) is 11.0 Å². The van der Waals surface area contributed by atoms with Crippen molar-refractivity contribution < 1.29 is 4.79 Å². The molecule has 0 aromatic carbocycles. The highest BCUT2D eigenvalue weighted by Gasteiger charge is 2.12. The molecule has 18 heavy (non-hydrogen) atoms. The van der Waals surface area contributed by atoms with Gasteiger partial charge in [0.05, 0.1) is 11.8 Å². The van der Waals surface area contributed by atoms with Crippen molar-refractivity contribution in [3.8, 4) is 0 Å². The largest absolute Gasteiger partial charge is 0.350 e. The predicted molar refractivity (Wildman–Crippen MR) is 70.5 cm³/mol. The highest BCUT2D eigenvalue weighted by Crippen LogP contribution is 2.16. The standard InChI is InChI=1S/C13H18N4O/c1-8(2)16-13(18)11-5-10-7-15-17(9(3)4)12(10)14-6-11/h5-9H,1-4H3,(H,16,18). The third-order valence-electron chi connectivity index (χ3n) is 2.60. The van der Waals surface area contributed by atoms with Crippen molar-refractivity contribution in [2.75, 3.05) is 0 Å². The lowest BCUT2D eigenvalue weighted by Gasteiger charge is -2.09. The monoisotopic (exact) mass is 246 g/mol. The Kier molecular flexibility index (Phi) is 3.32. The minimum atomic E-state index is -0.100. The molecular formula is C13H18N4O. The molecule has 0 saturated heterocycles. The van der Waals surface area contributed by atoms with Gasteiger partial charge >= 0.3 is 0 Å². The average molecular weight is 246 g/mol. The zero-order chi connectivity index (χ0) is 13.3. The first-order valence-electron chi connectivity index (χ1n) is 6.13. The van der Waals surface area contributed by atoms with Gasteiger partial charge in [0.15, 0.2) is 5.65 Å². The van der Waals surface area contributed by atoms with E-state index in [4.69, 9.17) is 0 Å². The van der Waals surface area contributed by atoms with Gasteiger partial charge in [0, 0.05) is 23.7 Å². The topological polar surface area (TPSA) is 59.8 Å². The Morgan fingerprint density at radius 1 is 1.28 bits per heavy atom. The number of hydrogen-bond acceptors (Lipinski definition) is 3. The second kappa shape index (κ2) is 4.76. The molecule has 0 spiro atoms. The SMILES string of the molecule is CC(C)NC(=O)c1cnc2c(cnn2C(C)C)c1. The summed E-state index contributed by atoms with van der Waals surface area (Å²) in [6.45, 7) is 7.96. The van der Waals surface area contributed by atoms with Gasteiger partial charge in [-0.2, -0.15) is 5.10 Å². The highest BCUT2D eigenvalue weighted by atomic mass is 16.1. The van der Waals surface area contributed by atoms with Gasteiger partial charge in [-0.1, -0.05) is 0 Å². The smallest absolute Gasteiger partial charge is 0.253 e. The molecule has 2 heterocycles. The molecule has 0 aliphatic rings. The molecule has 1 amide bonds. The lowest BCUT2D eigenvalue weighted by atomic mass is 10.2. The summed E-state index contributed by atoms with van der Waals surface area (Å²) in [6, 6.07) is 2.20. The summed E-state index contributed by atoms with van der Waals surface area (Å²) >= 11 is 0. The summed E-state index contributed by atoms with van der Waals surface area (Å²) in [5, 5.41) is 8.01. The second-order valence-corrected chi connectivity index (χ2v) is 4.95. The Hall–Kier alpha value is -1.91. The van der Waals surface area contributed by atoms with Crippen molar-refractivity contribution >= 4 is 16.9 Å². The zero-order valence-corrected chi connectivity index (χ0v) is 11.1. The Morgan fingerprint density at radius 2 is 2.00 bits per heavy atom. The summed E-state index contributed by atoms with van der Waals surface area (Å²) in [6.07, 6.45) is 3.34. The number of nitrogens with one attached hydrogen (secondary N) is 1. The molecule has 2 aromatic rings. The third kappa shape index (κ3) is 2.34. The second-order valence-electron chi connectivity index (χ2n) is 4.95. The maximum atomic E-state index is 11.9. The molecule has 0 saturated carbocycles. The van der Waals surface area contributed by atoms with Gasteiger partial charge < -0.3 is 5.32 Å². The van der Waals surface area contributed by atoms with E-state index in [1.165, 1.54) is 0 Å². The molecule has 2 rings (SSSR count). The fourth-order valence-electron chi connectivity index (χ4n) is 1.79. The molecule has 0 atom stereocenters. The molecule has 0 unspecified atom stereocenters. The van der Waals surface area contributed by atoms with Gasteiger partial charge in [-0.3, -0.25) is 4.79 Å². The van der Waals surface area contributed by atoms with Crippen LogP contribution in [0.2, 0.25) is 0 Å². The highest BCUT2D eigenvalue weighted by molar-refractivity contribution is 5.96. The summed E-state index contributed by atoms with van der Waals surface area (Å²) < 4.78 is 1.85. The fraction of sp³-hybridized carbons (Fsp3) is 0.462. The van der Waals surface area contributed by atoms with Crippen LogP contribution in [0.15, 0.2) is 18.5 Å². The van der Waals surface area contributed by atoms with Crippen molar-refractivity contribution in [3.05, 3.63) is 24.0 Å². The molecule has 0 aliphatic heterocycles. The predicted octanol–water partition coefficient (Wildman–Crippen LogP) is 2.15. The van der Waals surface area contributed by atoms with Crippen LogP contribution >= 0.6 is 0 Å². The molecule has 5 nitrogen and oxygen atoms in total. The van der Waals surface area contributed by atoms with E-state index >= 15 is 0 Å². The molecule has 0 radical (unpaired) electrons. The van der Waals surface area contributed by atoms with Gasteiger partial charge in [-0.25, -0.2) is 9.67 Å². The van der Waals surface area contributed by atoms with Crippen molar-refractivity contribution in [1.82, 2.24) is 20.1 Å². The van der Waals surface area contributed by atoms with Crippen LogP contribution in [-0.4, -0.2) is 26.7 Å². The summed E-state index contributed by atoms with van der Waals surface area (Å²) in [4.78, 5) is 16.2. The van der Waals surface area contributed by atoms with Crippen molar-refractivity contribution in [2.24, 2.45) is 0 Å². The lowest BCUT2D eigenvalue weighted by Crippen LogP contribution is -2.30. The molecule has 0 aliphatic carbocycles. The fourth-order valence-corrected chi connectivity index (χ4v) is 1.79. The number of carbonyl (C=O) groups is 1. The van der Waals surface area contributed by atoms with Crippen LogP contribution in [0.5, 0.6) is 0 Å². The molecule has 5 heteroatoms. The van der Waals surface area contributed by atoms with E-state index in [9.17, 15) is 4.79 Å². The van der Waals surface area contributed by atoms with Crippen molar-refractivity contribution in [3.63, 3.8) is 0 Å². The number of carbonyl (C=O) groups excluding carboxylic acids is 1. The first-order chi connectivity index (χ1) is 8.49. The minimum Gasteiger partial charge on any atom is -0.350 e. The third-order valence-corrected chi connectivity index (χ3v) is 2.60. The number of aromatic nitrogens is 3. The van der Waals surface area contributed by atoms with E-state index in [0.29, 0.717) is 5.56 Å². The number of rotatable bonds is 3. The Balaban J connectivity index is 2.37. The van der Waals surface area contributed by atoms with Crippen molar-refractivity contribution in [2.45, 2.75) is 39.8 Å². The molecule has 2 aromatic heterocycles. The van der Waals surface area contributed by atoms with E-state index in [-0.39, 0.29) is 18.0 Å². The van der Waals surface area contributed by atoms with Crippen molar-refractivity contribution in [1.29, 1.82) is 0 Å². The average Bonchev–Trinajstić information content (AvgIpc) is 2.70. The number of amides is 1. The van der Waals surface area contributed by atoms with Gasteiger partial charge in [0.25, 0.3) is 5.91 Å². The van der Waals surface area contributed by atoms with Crippen LogP contribution in [0, 0.1) is 0 Å². The summed E-state index contributed by atoms with van der Waals surface area (Å²) in [5.41, 5.74) is 1.38. The van der Waals surface area contributed by atoms with E-state index in [2.05, 4.69) is 15.4 Å². The van der Waals surface area contributed by atoms with Crippen LogP contribution in [0.25, 0.3) is 11.0 Å². The Morgan fingerprint density at radius 3 is 2.61 bits per heavy atom. The maximum Gasteiger partial charge on any atom is 0.253 e. The first kappa shape index (κ1) is 12.5. The van der Waals surface area contributed by atoms with Gasteiger partial charge in [-0.15, -0.1) is 0 Å². The van der Waals surface area contributed by atoms with Crippen LogP contribution < -0.4 is 5.32 Å². The number of pyridine rings is 1. The first-order valence-corrected chi connectivity index (χ1v) is 6.13. The van der Waals surface area contributed by atoms with Gasteiger partial charge in [-0.05, 0) is 33.8 Å². The molecular weight excluding hydrogens is 228 g/mol. The molecule has 1 N–H and O–H groups in total. The lowest BCUT2D eigenvalue weighted by molar-refractivity contribution is 0.0943. The normalized spacial score (nSPS) is 11.4. The minimum absolute atomic E-state index is 0.100.